The van der Waals surface area contributed by atoms with Crippen molar-refractivity contribution in [1.29, 1.82) is 0 Å². The Hall–Kier alpha value is -2.29. The van der Waals surface area contributed by atoms with Crippen molar-refractivity contribution in [3.8, 4) is 0 Å². The third kappa shape index (κ3) is 6.92. The van der Waals surface area contributed by atoms with Crippen LogP contribution in [0.2, 0.25) is 0 Å². The molecule has 2 rings (SSSR count). The number of carbonyl (C=O) groups is 1. The molecule has 0 bridgehead atoms. The van der Waals surface area contributed by atoms with Crippen LogP contribution in [0.5, 0.6) is 0 Å². The fraction of sp³-hybridized carbons (Fsp3) is 0.500. The van der Waals surface area contributed by atoms with Crippen LogP contribution in [0.1, 0.15) is 89.4 Å². The van der Waals surface area contributed by atoms with E-state index in [1.807, 2.05) is 45.0 Å². The molecule has 0 amide bonds. The number of anilines is 1. The minimum Gasteiger partial charge on any atom is -0.456 e. The second-order valence-corrected chi connectivity index (χ2v) is 10.9. The second-order valence-electron chi connectivity index (χ2n) is 10.9. The molecule has 0 aliphatic rings. The number of benzene rings is 2. The number of hydrogen-bond acceptors (Lipinski definition) is 3. The van der Waals surface area contributed by atoms with Crippen molar-refractivity contribution < 1.29 is 9.53 Å². The highest BCUT2D eigenvalue weighted by Crippen LogP contribution is 2.30. The van der Waals surface area contributed by atoms with Crippen molar-refractivity contribution in [2.24, 2.45) is 0 Å². The Morgan fingerprint density at radius 1 is 0.793 bits per heavy atom. The van der Waals surface area contributed by atoms with Crippen LogP contribution < -0.4 is 5.32 Å². The number of ether oxygens (including phenoxy) is 1. The highest BCUT2D eigenvalue weighted by Gasteiger charge is 2.20. The van der Waals surface area contributed by atoms with Crippen LogP contribution in [0, 0.1) is 0 Å². The number of nitrogens with one attached hydrogen (secondary N) is 1. The van der Waals surface area contributed by atoms with Crippen LogP contribution in [0.15, 0.2) is 42.5 Å². The van der Waals surface area contributed by atoms with Gasteiger partial charge in [-0.2, -0.15) is 0 Å². The summed E-state index contributed by atoms with van der Waals surface area (Å²) in [5.74, 6) is -0.295. The van der Waals surface area contributed by atoms with Crippen molar-refractivity contribution in [2.45, 2.75) is 85.3 Å². The van der Waals surface area contributed by atoms with Gasteiger partial charge in [-0.3, -0.25) is 0 Å². The fourth-order valence-electron chi connectivity index (χ4n) is 2.93. The first kappa shape index (κ1) is 23.0. The van der Waals surface area contributed by atoms with Crippen LogP contribution in [0.3, 0.4) is 0 Å². The van der Waals surface area contributed by atoms with E-state index in [1.165, 1.54) is 16.7 Å². The minimum absolute atomic E-state index is 0.102. The number of carbonyl (C=O) groups excluding carboxylic acids is 1. The van der Waals surface area contributed by atoms with E-state index in [0.29, 0.717) is 5.56 Å². The van der Waals surface area contributed by atoms with Gasteiger partial charge in [-0.15, -0.1) is 0 Å². The molecule has 0 unspecified atom stereocenters. The van der Waals surface area contributed by atoms with Gasteiger partial charge in [-0.1, -0.05) is 59.7 Å². The zero-order chi connectivity index (χ0) is 22.0. The molecule has 0 aromatic heterocycles. The molecule has 1 N–H and O–H groups in total. The van der Waals surface area contributed by atoms with Gasteiger partial charge in [-0.25, -0.2) is 4.79 Å². The Kier molecular flexibility index (Phi) is 6.51. The van der Waals surface area contributed by atoms with Crippen LogP contribution in [-0.2, 0) is 22.1 Å². The van der Waals surface area contributed by atoms with Gasteiger partial charge in [0.25, 0.3) is 0 Å². The average Bonchev–Trinajstić information content (AvgIpc) is 2.57. The zero-order valence-corrected chi connectivity index (χ0v) is 19.6. The lowest BCUT2D eigenvalue weighted by atomic mass is 9.79. The lowest BCUT2D eigenvalue weighted by molar-refractivity contribution is 0.00695. The number of rotatable bonds is 4. The van der Waals surface area contributed by atoms with Crippen molar-refractivity contribution in [3.63, 3.8) is 0 Å². The Bertz CT molecular complexity index is 812. The molecule has 0 fully saturated rings. The van der Waals surface area contributed by atoms with Gasteiger partial charge < -0.3 is 10.1 Å². The van der Waals surface area contributed by atoms with E-state index in [4.69, 9.17) is 4.74 Å². The normalized spacial score (nSPS) is 12.6. The molecule has 158 valence electrons. The summed E-state index contributed by atoms with van der Waals surface area (Å²) < 4.78 is 5.42. The average molecular weight is 396 g/mol. The van der Waals surface area contributed by atoms with Crippen LogP contribution in [-0.4, -0.2) is 11.6 Å². The van der Waals surface area contributed by atoms with E-state index in [9.17, 15) is 4.79 Å². The van der Waals surface area contributed by atoms with Crippen LogP contribution in [0.25, 0.3) is 0 Å². The SMILES string of the molecule is CC(C)(C)OC(=O)c1ccc(NCc2cc(C(C)(C)C)cc(C(C)(C)C)c2)cc1. The molecule has 0 saturated heterocycles. The van der Waals surface area contributed by atoms with Gasteiger partial charge in [0.2, 0.25) is 0 Å². The highest BCUT2D eigenvalue weighted by molar-refractivity contribution is 5.90. The molecular formula is C26H37NO2. The lowest BCUT2D eigenvalue weighted by Gasteiger charge is -2.26. The Morgan fingerprint density at radius 3 is 1.69 bits per heavy atom. The van der Waals surface area contributed by atoms with Crippen molar-refractivity contribution >= 4 is 11.7 Å². The van der Waals surface area contributed by atoms with Crippen LogP contribution >= 0.6 is 0 Å². The summed E-state index contributed by atoms with van der Waals surface area (Å²) in [5, 5.41) is 3.48. The lowest BCUT2D eigenvalue weighted by Crippen LogP contribution is -2.23. The molecule has 0 atom stereocenters. The van der Waals surface area contributed by atoms with E-state index < -0.39 is 5.60 Å². The molecule has 3 heteroatoms. The molecule has 0 saturated carbocycles. The fourth-order valence-corrected chi connectivity index (χ4v) is 2.93. The quantitative estimate of drug-likeness (QED) is 0.575. The monoisotopic (exact) mass is 395 g/mol. The predicted molar refractivity (Wildman–Crippen MR) is 123 cm³/mol. The summed E-state index contributed by atoms with van der Waals surface area (Å²) in [6.07, 6.45) is 0. The van der Waals surface area contributed by atoms with Crippen LogP contribution in [0.4, 0.5) is 5.69 Å². The van der Waals surface area contributed by atoms with Gasteiger partial charge in [0.05, 0.1) is 5.56 Å². The maximum Gasteiger partial charge on any atom is 0.338 e. The topological polar surface area (TPSA) is 38.3 Å². The first-order valence-corrected chi connectivity index (χ1v) is 10.4. The molecule has 0 aliphatic carbocycles. The first-order valence-electron chi connectivity index (χ1n) is 10.4. The number of esters is 1. The summed E-state index contributed by atoms with van der Waals surface area (Å²) in [7, 11) is 0. The molecule has 2 aromatic rings. The summed E-state index contributed by atoms with van der Waals surface area (Å²) in [6, 6.07) is 14.4. The Labute approximate surface area is 176 Å². The van der Waals surface area contributed by atoms with Gasteiger partial charge >= 0.3 is 5.97 Å². The van der Waals surface area contributed by atoms with Crippen molar-refractivity contribution in [2.75, 3.05) is 5.32 Å². The molecular weight excluding hydrogens is 358 g/mol. The maximum absolute atomic E-state index is 12.2. The van der Waals surface area contributed by atoms with Gasteiger partial charge in [0.1, 0.15) is 5.60 Å². The Balaban J connectivity index is 2.16. The van der Waals surface area contributed by atoms with E-state index in [0.717, 1.165) is 12.2 Å². The van der Waals surface area contributed by atoms with Crippen molar-refractivity contribution in [1.82, 2.24) is 0 Å². The molecule has 3 nitrogen and oxygen atoms in total. The van der Waals surface area contributed by atoms with E-state index in [1.54, 1.807) is 0 Å². The first-order chi connectivity index (χ1) is 13.1. The summed E-state index contributed by atoms with van der Waals surface area (Å²) in [6.45, 7) is 19.9. The Morgan fingerprint density at radius 2 is 1.28 bits per heavy atom. The smallest absolute Gasteiger partial charge is 0.338 e. The minimum atomic E-state index is -0.489. The second kappa shape index (κ2) is 8.22. The van der Waals surface area contributed by atoms with Gasteiger partial charge in [0.15, 0.2) is 0 Å². The zero-order valence-electron chi connectivity index (χ0n) is 19.6. The van der Waals surface area contributed by atoms with E-state index in [-0.39, 0.29) is 16.8 Å². The summed E-state index contributed by atoms with van der Waals surface area (Å²) >= 11 is 0. The third-order valence-corrected chi connectivity index (χ3v) is 4.74. The molecule has 0 radical (unpaired) electrons. The van der Waals surface area contributed by atoms with Gasteiger partial charge in [0, 0.05) is 12.2 Å². The molecule has 0 heterocycles. The van der Waals surface area contributed by atoms with Crippen molar-refractivity contribution in [3.05, 3.63) is 64.7 Å². The third-order valence-electron chi connectivity index (χ3n) is 4.74. The standard InChI is InChI=1S/C26H37NO2/c1-24(2,3)20-14-18(15-21(16-20)25(4,5)6)17-27-22-12-10-19(11-13-22)23(28)29-26(7,8)9/h10-16,27H,17H2,1-9H3. The maximum atomic E-state index is 12.2. The van der Waals surface area contributed by atoms with E-state index >= 15 is 0 Å². The molecule has 0 aliphatic heterocycles. The van der Waals surface area contributed by atoms with Gasteiger partial charge in [-0.05, 0) is 72.6 Å². The summed E-state index contributed by atoms with van der Waals surface area (Å²) in [4.78, 5) is 12.2. The number of hydrogen-bond donors (Lipinski definition) is 1. The molecule has 0 spiro atoms. The largest absolute Gasteiger partial charge is 0.456 e. The predicted octanol–water partition coefficient (Wildman–Crippen LogP) is 6.85. The molecule has 29 heavy (non-hydrogen) atoms. The molecule has 2 aromatic carbocycles. The highest BCUT2D eigenvalue weighted by atomic mass is 16.6. The summed E-state index contributed by atoms with van der Waals surface area (Å²) in [5.41, 5.74) is 5.22. The van der Waals surface area contributed by atoms with E-state index in [2.05, 4.69) is 65.1 Å².